The number of amides is 8. The van der Waals surface area contributed by atoms with Crippen molar-refractivity contribution >= 4 is 47.3 Å². The van der Waals surface area contributed by atoms with E-state index in [1.807, 2.05) is 0 Å². The summed E-state index contributed by atoms with van der Waals surface area (Å²) in [5.41, 5.74) is 5.29. The first-order valence-corrected chi connectivity index (χ1v) is 21.6. The Bertz CT molecular complexity index is 1760. The van der Waals surface area contributed by atoms with E-state index < -0.39 is 171 Å². The molecule has 4 fully saturated rings. The number of primary amides is 1. The van der Waals surface area contributed by atoms with Gasteiger partial charge in [0.1, 0.15) is 85.0 Å². The van der Waals surface area contributed by atoms with E-state index in [2.05, 4.69) is 26.6 Å². The molecule has 4 saturated heterocycles. The van der Waals surface area contributed by atoms with Crippen LogP contribution >= 0.6 is 0 Å². The van der Waals surface area contributed by atoms with Gasteiger partial charge in [-0.15, -0.1) is 0 Å². The van der Waals surface area contributed by atoms with E-state index in [1.165, 1.54) is 30.6 Å². The highest BCUT2D eigenvalue weighted by molar-refractivity contribution is 5.97. The van der Waals surface area contributed by atoms with Gasteiger partial charge in [-0.25, -0.2) is 0 Å². The largest absolute Gasteiger partial charge is 0.394 e. The fourth-order valence-corrected chi connectivity index (χ4v) is 8.22. The van der Waals surface area contributed by atoms with Gasteiger partial charge in [0, 0.05) is 26.9 Å². The van der Waals surface area contributed by atoms with Crippen LogP contribution in [0.3, 0.4) is 0 Å². The number of rotatable bonds is 19. The van der Waals surface area contributed by atoms with Gasteiger partial charge < -0.3 is 96.8 Å². The Morgan fingerprint density at radius 3 is 1.86 bits per heavy atom. The minimum Gasteiger partial charge on any atom is -0.394 e. The van der Waals surface area contributed by atoms with Crippen LogP contribution in [-0.4, -0.2) is 229 Å². The molecule has 11 unspecified atom stereocenters. The van der Waals surface area contributed by atoms with Gasteiger partial charge in [-0.3, -0.25) is 38.4 Å². The van der Waals surface area contributed by atoms with Crippen LogP contribution in [0.4, 0.5) is 0 Å². The molecule has 0 bridgehead atoms. The number of aliphatic hydroxyl groups excluding tert-OH is 7. The van der Waals surface area contributed by atoms with E-state index in [1.54, 1.807) is 0 Å². The van der Waals surface area contributed by atoms with Crippen molar-refractivity contribution in [1.29, 1.82) is 0 Å². The number of hydrogen-bond donors (Lipinski definition) is 13. The van der Waals surface area contributed by atoms with E-state index in [9.17, 15) is 74.1 Å². The normalized spacial score (nSPS) is 32.2. The topological polar surface area (TPSA) is 408 Å². The van der Waals surface area contributed by atoms with Crippen LogP contribution in [0.2, 0.25) is 0 Å². The van der Waals surface area contributed by atoms with E-state index in [0.717, 1.165) is 13.8 Å². The summed E-state index contributed by atoms with van der Waals surface area (Å²) in [6, 6.07) is -9.37. The van der Waals surface area contributed by atoms with E-state index >= 15 is 0 Å². The number of likely N-dealkylation sites (tertiary alicyclic amines) is 2. The molecule has 4 rings (SSSR count). The van der Waals surface area contributed by atoms with Gasteiger partial charge in [0.2, 0.25) is 47.3 Å². The number of hydrogen-bond acceptors (Lipinski definition) is 19. The predicted octanol–water partition coefficient (Wildman–Crippen LogP) is -8.38. The van der Waals surface area contributed by atoms with E-state index in [4.69, 9.17) is 24.7 Å². The Morgan fingerprint density at radius 2 is 1.29 bits per heavy atom. The lowest BCUT2D eigenvalue weighted by atomic mass is 9.95. The molecule has 0 spiro atoms. The Kier molecular flexibility index (Phi) is 19.5. The minimum atomic E-state index is -1.98. The Hall–Kier alpha value is -4.68. The van der Waals surface area contributed by atoms with Crippen LogP contribution in [0.25, 0.3) is 0 Å². The first-order valence-electron chi connectivity index (χ1n) is 21.6. The summed E-state index contributed by atoms with van der Waals surface area (Å²) in [6.07, 6.45) is -16.1. The van der Waals surface area contributed by atoms with Crippen LogP contribution < -0.4 is 32.3 Å². The van der Waals surface area contributed by atoms with Crippen molar-refractivity contribution in [2.75, 3.05) is 32.9 Å². The van der Waals surface area contributed by atoms with Crippen molar-refractivity contribution < 1.29 is 93.0 Å². The molecule has 4 heterocycles. The SMILES string of the molecule is CC(=O)NC(CO)C(=O)NC(C(=O)NC(C)C(=O)N1CCCC1C(=O)N1CCCC1C(=O)NC(C)C(N)=O)C(C)O[C@H]1OC(CO)[C@H](O)[C@H](O[C@@H]2OC(CO)[C@H](O)[C@H](O)C2O)C1NC(C)=O. The van der Waals surface area contributed by atoms with Crippen LogP contribution in [-0.2, 0) is 57.3 Å². The molecule has 66 heavy (non-hydrogen) atoms. The molecule has 4 aliphatic rings. The highest BCUT2D eigenvalue weighted by Crippen LogP contribution is 2.31. The number of carbonyl (C=O) groups excluding carboxylic acids is 8. The second-order valence-corrected chi connectivity index (χ2v) is 16.7. The van der Waals surface area contributed by atoms with Crippen molar-refractivity contribution in [2.24, 2.45) is 5.73 Å². The van der Waals surface area contributed by atoms with Gasteiger partial charge in [0.05, 0.1) is 25.9 Å². The molecule has 8 amide bonds. The predicted molar refractivity (Wildman–Crippen MR) is 219 cm³/mol. The molecular weight excluding hydrogens is 884 g/mol. The lowest BCUT2D eigenvalue weighted by Crippen LogP contribution is -2.69. The lowest BCUT2D eigenvalue weighted by Gasteiger charge is -2.48. The smallest absolute Gasteiger partial charge is 0.246 e. The molecular formula is C39H64N8O19. The van der Waals surface area contributed by atoms with Gasteiger partial charge in [-0.1, -0.05) is 0 Å². The Morgan fingerprint density at radius 1 is 0.697 bits per heavy atom. The highest BCUT2D eigenvalue weighted by Gasteiger charge is 2.53. The van der Waals surface area contributed by atoms with E-state index in [0.29, 0.717) is 19.3 Å². The first kappa shape index (κ1) is 53.9. The zero-order valence-corrected chi connectivity index (χ0v) is 37.2. The quantitative estimate of drug-likeness (QED) is 0.0572. The monoisotopic (exact) mass is 948 g/mol. The number of nitrogens with zero attached hydrogens (tertiary/aromatic N) is 2. The maximum absolute atomic E-state index is 14.2. The average Bonchev–Trinajstić information content (AvgIpc) is 3.97. The minimum absolute atomic E-state index is 0.0984. The van der Waals surface area contributed by atoms with Crippen LogP contribution in [0.15, 0.2) is 0 Å². The maximum atomic E-state index is 14.2. The molecule has 27 heteroatoms. The third-order valence-electron chi connectivity index (χ3n) is 11.8. The number of nitrogens with two attached hydrogens (primary N) is 1. The Labute approximate surface area is 378 Å². The summed E-state index contributed by atoms with van der Waals surface area (Å²) in [5.74, 6) is -6.28. The fourth-order valence-electron chi connectivity index (χ4n) is 8.22. The molecule has 0 aromatic rings. The Balaban J connectivity index is 1.59. The first-order chi connectivity index (χ1) is 31.1. The summed E-state index contributed by atoms with van der Waals surface area (Å²) in [5, 5.41) is 84.4. The second kappa shape index (κ2) is 23.9. The molecule has 0 saturated carbocycles. The molecule has 4 aliphatic heterocycles. The molecule has 374 valence electrons. The zero-order chi connectivity index (χ0) is 49.3. The third kappa shape index (κ3) is 12.8. The van der Waals surface area contributed by atoms with Crippen molar-refractivity contribution in [3.8, 4) is 0 Å². The molecule has 14 N–H and O–H groups in total. The number of nitrogens with one attached hydrogen (secondary N) is 5. The van der Waals surface area contributed by atoms with Gasteiger partial charge in [0.25, 0.3) is 0 Å². The van der Waals surface area contributed by atoms with Gasteiger partial charge >= 0.3 is 0 Å². The van der Waals surface area contributed by atoms with Crippen LogP contribution in [0.5, 0.6) is 0 Å². The van der Waals surface area contributed by atoms with Crippen molar-refractivity contribution in [3.05, 3.63) is 0 Å². The van der Waals surface area contributed by atoms with Crippen LogP contribution in [0.1, 0.15) is 60.3 Å². The zero-order valence-electron chi connectivity index (χ0n) is 37.2. The van der Waals surface area contributed by atoms with Gasteiger partial charge in [0.15, 0.2) is 12.6 Å². The number of ether oxygens (including phenoxy) is 4. The van der Waals surface area contributed by atoms with Crippen LogP contribution in [0, 0.1) is 0 Å². The van der Waals surface area contributed by atoms with E-state index in [-0.39, 0.29) is 19.5 Å². The van der Waals surface area contributed by atoms with Crippen molar-refractivity contribution in [1.82, 2.24) is 36.4 Å². The molecule has 0 radical (unpaired) electrons. The summed E-state index contributed by atoms with van der Waals surface area (Å²) in [7, 11) is 0. The average molecular weight is 949 g/mol. The summed E-state index contributed by atoms with van der Waals surface area (Å²) in [6.45, 7) is 3.70. The third-order valence-corrected chi connectivity index (χ3v) is 11.8. The standard InChI is InChI=1S/C39H64N8O19/c1-15(32(40)57)41-34(59)21-8-6-10-46(21)37(62)22-9-7-11-47(22)36(61)16(2)42-35(60)25(45-33(58)20(12-48)43-18(4)51)17(3)63-38-26(44-19(5)52)31(28(54)24(14-50)64-38)66-39-30(56)29(55)27(53)23(13-49)65-39/h15-17,20-31,38-39,48-50,53-56H,6-14H2,1-5H3,(H2,40,57)(H,41,59)(H,42,60)(H,43,51)(H,44,52)(H,45,58)/t15?,16?,17?,20?,21?,22?,23?,24?,25?,26?,27-,28-,29-,30?,31+,38-,39-/m0/s1. The summed E-state index contributed by atoms with van der Waals surface area (Å²) >= 11 is 0. The molecule has 27 nitrogen and oxygen atoms in total. The fraction of sp³-hybridized carbons (Fsp3) is 0.795. The molecule has 0 aromatic carbocycles. The maximum Gasteiger partial charge on any atom is 0.246 e. The highest BCUT2D eigenvalue weighted by atomic mass is 16.7. The second-order valence-electron chi connectivity index (χ2n) is 16.7. The van der Waals surface area contributed by atoms with Gasteiger partial charge in [-0.05, 0) is 46.5 Å². The molecule has 17 atom stereocenters. The number of aliphatic hydroxyl groups is 7. The summed E-state index contributed by atoms with van der Waals surface area (Å²) < 4.78 is 23.2. The van der Waals surface area contributed by atoms with Crippen molar-refractivity contribution in [2.45, 2.75) is 164 Å². The van der Waals surface area contributed by atoms with Crippen molar-refractivity contribution in [3.63, 3.8) is 0 Å². The summed E-state index contributed by atoms with van der Waals surface area (Å²) in [4.78, 5) is 107. The van der Waals surface area contributed by atoms with Gasteiger partial charge in [-0.2, -0.15) is 0 Å². The molecule has 0 aromatic heterocycles. The molecule has 0 aliphatic carbocycles. The lowest BCUT2D eigenvalue weighted by molar-refractivity contribution is -0.347. The number of carbonyl (C=O) groups is 8.